The van der Waals surface area contributed by atoms with Crippen LogP contribution in [0.15, 0.2) is 47.4 Å². The Morgan fingerprint density at radius 1 is 0.964 bits per heavy atom. The van der Waals surface area contributed by atoms with Crippen LogP contribution in [-0.2, 0) is 6.18 Å². The molecule has 0 unspecified atom stereocenters. The normalized spacial score (nSPS) is 12.2. The molecule has 148 valence electrons. The highest BCUT2D eigenvalue weighted by Gasteiger charge is 2.38. The molecule has 3 aromatic rings. The Kier molecular flexibility index (Phi) is 4.69. The molecule has 2 aromatic heterocycles. The van der Waals surface area contributed by atoms with Gasteiger partial charge in [0.2, 0.25) is 0 Å². The molecule has 0 amide bonds. The summed E-state index contributed by atoms with van der Waals surface area (Å²) in [5, 5.41) is 0. The second-order valence-electron chi connectivity index (χ2n) is 5.51. The van der Waals surface area contributed by atoms with Crippen molar-refractivity contribution in [2.75, 3.05) is 7.11 Å². The molecule has 2 heterocycles. The van der Waals surface area contributed by atoms with E-state index in [2.05, 4.69) is 9.72 Å². The molecule has 0 N–H and O–H groups in total. The fourth-order valence-electron chi connectivity index (χ4n) is 2.53. The molecule has 0 spiro atoms. The Balaban J connectivity index is 2.22. The van der Waals surface area contributed by atoms with Crippen LogP contribution in [0, 0.1) is 0 Å². The first kappa shape index (κ1) is 19.5. The highest BCUT2D eigenvalue weighted by atomic mass is 19.4. The lowest BCUT2D eigenvalue weighted by atomic mass is 10.0. The van der Waals surface area contributed by atoms with Gasteiger partial charge in [-0.3, -0.25) is 9.20 Å². The van der Waals surface area contributed by atoms with Crippen molar-refractivity contribution in [2.45, 2.75) is 12.5 Å². The van der Waals surface area contributed by atoms with Gasteiger partial charge in [0.15, 0.2) is 5.69 Å². The zero-order valence-corrected chi connectivity index (χ0v) is 13.9. The third kappa shape index (κ3) is 3.87. The molecule has 0 bridgehead atoms. The summed E-state index contributed by atoms with van der Waals surface area (Å²) >= 11 is 0. The predicted molar refractivity (Wildman–Crippen MR) is 85.1 cm³/mol. The highest BCUT2D eigenvalue weighted by molar-refractivity contribution is 5.68. The summed E-state index contributed by atoms with van der Waals surface area (Å²) in [6, 6.07) is 5.97. The number of halogens is 6. The van der Waals surface area contributed by atoms with Gasteiger partial charge < -0.3 is 9.47 Å². The SMILES string of the molecule is COc1ccn2c(=O)c(-c3ccc(OC(F)(F)F)cc3)c(C(F)(F)F)nc2c1. The first-order valence-electron chi connectivity index (χ1n) is 7.53. The van der Waals surface area contributed by atoms with Crippen LogP contribution in [0.25, 0.3) is 16.8 Å². The Morgan fingerprint density at radius 2 is 1.61 bits per heavy atom. The third-order valence-corrected chi connectivity index (χ3v) is 3.68. The van der Waals surface area contributed by atoms with Gasteiger partial charge in [-0.15, -0.1) is 13.2 Å². The number of benzene rings is 1. The van der Waals surface area contributed by atoms with Crippen molar-refractivity contribution in [2.24, 2.45) is 0 Å². The van der Waals surface area contributed by atoms with Crippen molar-refractivity contribution in [1.82, 2.24) is 9.38 Å². The Morgan fingerprint density at radius 3 is 2.14 bits per heavy atom. The van der Waals surface area contributed by atoms with E-state index in [1.807, 2.05) is 0 Å². The summed E-state index contributed by atoms with van der Waals surface area (Å²) in [5.41, 5.74) is -3.85. The zero-order chi connectivity index (χ0) is 20.7. The first-order valence-corrected chi connectivity index (χ1v) is 7.53. The maximum Gasteiger partial charge on any atom is 0.573 e. The highest BCUT2D eigenvalue weighted by Crippen LogP contribution is 2.35. The van der Waals surface area contributed by atoms with Gasteiger partial charge in [0, 0.05) is 12.3 Å². The zero-order valence-electron chi connectivity index (χ0n) is 13.9. The van der Waals surface area contributed by atoms with Crippen LogP contribution in [0.5, 0.6) is 11.5 Å². The number of hydrogen-bond acceptors (Lipinski definition) is 4. The molecular formula is C17H10F6N2O3. The maximum atomic E-state index is 13.5. The average Bonchev–Trinajstić information content (AvgIpc) is 2.60. The minimum atomic E-state index is -4.98. The molecular weight excluding hydrogens is 394 g/mol. The number of methoxy groups -OCH3 is 1. The van der Waals surface area contributed by atoms with Gasteiger partial charge in [0.25, 0.3) is 5.56 Å². The van der Waals surface area contributed by atoms with Crippen molar-refractivity contribution in [3.05, 3.63) is 58.6 Å². The van der Waals surface area contributed by atoms with Crippen molar-refractivity contribution in [3.63, 3.8) is 0 Å². The smallest absolute Gasteiger partial charge is 0.497 e. The van der Waals surface area contributed by atoms with E-state index in [-0.39, 0.29) is 17.0 Å². The Labute approximate surface area is 152 Å². The number of nitrogens with zero attached hydrogens (tertiary/aromatic N) is 2. The molecule has 0 aliphatic rings. The number of aromatic nitrogens is 2. The average molecular weight is 404 g/mol. The fourth-order valence-corrected chi connectivity index (χ4v) is 2.53. The summed E-state index contributed by atoms with van der Waals surface area (Å²) in [6.07, 6.45) is -8.75. The molecule has 28 heavy (non-hydrogen) atoms. The molecule has 0 aliphatic heterocycles. The van der Waals surface area contributed by atoms with Crippen molar-refractivity contribution in [1.29, 1.82) is 0 Å². The number of ether oxygens (including phenoxy) is 2. The monoisotopic (exact) mass is 404 g/mol. The van der Waals surface area contributed by atoms with E-state index in [0.717, 1.165) is 34.7 Å². The number of rotatable bonds is 3. The largest absolute Gasteiger partial charge is 0.573 e. The molecule has 0 aliphatic carbocycles. The molecule has 0 saturated heterocycles. The topological polar surface area (TPSA) is 52.8 Å². The van der Waals surface area contributed by atoms with Gasteiger partial charge in [0.1, 0.15) is 17.1 Å². The third-order valence-electron chi connectivity index (χ3n) is 3.68. The number of alkyl halides is 6. The van der Waals surface area contributed by atoms with Crippen LogP contribution < -0.4 is 15.0 Å². The second-order valence-corrected chi connectivity index (χ2v) is 5.51. The van der Waals surface area contributed by atoms with E-state index in [1.54, 1.807) is 0 Å². The minimum Gasteiger partial charge on any atom is -0.497 e. The summed E-state index contributed by atoms with van der Waals surface area (Å²) < 4.78 is 86.7. The summed E-state index contributed by atoms with van der Waals surface area (Å²) in [4.78, 5) is 16.2. The standard InChI is InChI=1S/C17H10F6N2O3/c1-27-11-6-7-25-12(8-11)24-14(16(18,19)20)13(15(25)26)9-2-4-10(5-3-9)28-17(21,22)23/h2-8H,1H3. The molecule has 5 nitrogen and oxygen atoms in total. The minimum absolute atomic E-state index is 0.196. The number of hydrogen-bond donors (Lipinski definition) is 0. The summed E-state index contributed by atoms with van der Waals surface area (Å²) in [6.45, 7) is 0. The molecule has 11 heteroatoms. The fraction of sp³-hybridized carbons (Fsp3) is 0.176. The van der Waals surface area contributed by atoms with Crippen LogP contribution in [-0.4, -0.2) is 22.9 Å². The molecule has 1 aromatic carbocycles. The summed E-state index contributed by atoms with van der Waals surface area (Å²) in [7, 11) is 1.30. The van der Waals surface area contributed by atoms with Crippen LogP contribution in [0.2, 0.25) is 0 Å². The summed E-state index contributed by atoms with van der Waals surface area (Å²) in [5.74, 6) is -0.440. The van der Waals surface area contributed by atoms with Gasteiger partial charge >= 0.3 is 12.5 Å². The van der Waals surface area contributed by atoms with E-state index in [9.17, 15) is 31.1 Å². The quantitative estimate of drug-likeness (QED) is 0.612. The van der Waals surface area contributed by atoms with Crippen LogP contribution in [0.4, 0.5) is 26.3 Å². The van der Waals surface area contributed by atoms with Gasteiger partial charge in [-0.25, -0.2) is 4.98 Å². The van der Waals surface area contributed by atoms with Crippen molar-refractivity contribution in [3.8, 4) is 22.6 Å². The van der Waals surface area contributed by atoms with Crippen molar-refractivity contribution < 1.29 is 35.8 Å². The van der Waals surface area contributed by atoms with E-state index in [1.165, 1.54) is 19.4 Å². The van der Waals surface area contributed by atoms with Gasteiger partial charge in [-0.1, -0.05) is 12.1 Å². The van der Waals surface area contributed by atoms with E-state index in [4.69, 9.17) is 4.74 Å². The van der Waals surface area contributed by atoms with Crippen LogP contribution >= 0.6 is 0 Å². The molecule has 0 saturated carbocycles. The van der Waals surface area contributed by atoms with Crippen LogP contribution in [0.3, 0.4) is 0 Å². The number of fused-ring (bicyclic) bond motifs is 1. The van der Waals surface area contributed by atoms with Gasteiger partial charge in [-0.2, -0.15) is 13.2 Å². The van der Waals surface area contributed by atoms with Gasteiger partial charge in [-0.05, 0) is 23.8 Å². The lowest BCUT2D eigenvalue weighted by Crippen LogP contribution is -2.24. The van der Waals surface area contributed by atoms with Crippen molar-refractivity contribution >= 4 is 5.65 Å². The van der Waals surface area contributed by atoms with E-state index >= 15 is 0 Å². The first-order chi connectivity index (χ1) is 13.0. The second kappa shape index (κ2) is 6.73. The predicted octanol–water partition coefficient (Wildman–Crippen LogP) is 4.29. The Hall–Kier alpha value is -3.24. The van der Waals surface area contributed by atoms with E-state index in [0.29, 0.717) is 0 Å². The lowest BCUT2D eigenvalue weighted by molar-refractivity contribution is -0.274. The van der Waals surface area contributed by atoms with E-state index < -0.39 is 35.1 Å². The lowest BCUT2D eigenvalue weighted by Gasteiger charge is -2.14. The number of pyridine rings is 1. The molecule has 0 fully saturated rings. The molecule has 0 radical (unpaired) electrons. The van der Waals surface area contributed by atoms with Crippen LogP contribution in [0.1, 0.15) is 5.69 Å². The van der Waals surface area contributed by atoms with Gasteiger partial charge in [0.05, 0.1) is 12.7 Å². The molecule has 3 rings (SSSR count). The Bertz CT molecular complexity index is 1070. The maximum absolute atomic E-state index is 13.5. The molecule has 0 atom stereocenters.